The van der Waals surface area contributed by atoms with Crippen molar-refractivity contribution in [3.63, 3.8) is 0 Å². The second-order valence-electron chi connectivity index (χ2n) is 7.25. The van der Waals surface area contributed by atoms with Crippen LogP contribution in [-0.4, -0.2) is 24.7 Å². The molecule has 1 fully saturated rings. The lowest BCUT2D eigenvalue weighted by atomic mass is 10.1. The summed E-state index contributed by atoms with van der Waals surface area (Å²) in [6.45, 7) is 0. The van der Waals surface area contributed by atoms with Crippen molar-refractivity contribution in [2.24, 2.45) is 0 Å². The maximum atomic E-state index is 13.3. The molecular weight excluding hydrogens is 382 g/mol. The Kier molecular flexibility index (Phi) is 3.57. The summed E-state index contributed by atoms with van der Waals surface area (Å²) in [4.78, 5) is 26.3. The Labute approximate surface area is 169 Å². The van der Waals surface area contributed by atoms with E-state index in [0.29, 0.717) is 5.39 Å². The topological polar surface area (TPSA) is 73.6 Å². The third kappa shape index (κ3) is 2.66. The molecule has 0 amide bonds. The van der Waals surface area contributed by atoms with Crippen molar-refractivity contribution in [3.05, 3.63) is 82.7 Å². The van der Waals surface area contributed by atoms with Crippen molar-refractivity contribution < 1.29 is 0 Å². The van der Waals surface area contributed by atoms with Crippen LogP contribution in [0.1, 0.15) is 24.1 Å². The normalized spacial score (nSPS) is 18.3. The van der Waals surface area contributed by atoms with Crippen LogP contribution in [0.4, 0.5) is 0 Å². The van der Waals surface area contributed by atoms with E-state index in [1.54, 1.807) is 23.3 Å². The fraction of sp³-hybridized carbons (Fsp3) is 0.136. The van der Waals surface area contributed by atoms with E-state index in [1.165, 1.54) is 17.7 Å². The molecule has 1 aliphatic rings. The Morgan fingerprint density at radius 2 is 1.90 bits per heavy atom. The summed E-state index contributed by atoms with van der Waals surface area (Å²) < 4.78 is 2.51. The lowest BCUT2D eigenvalue weighted by Gasteiger charge is -2.06. The van der Waals surface area contributed by atoms with Crippen molar-refractivity contribution >= 4 is 32.3 Å². The Hall–Kier alpha value is -3.45. The number of aromatic nitrogens is 5. The van der Waals surface area contributed by atoms with E-state index in [0.717, 1.165) is 38.8 Å². The number of rotatable bonds is 3. The standard InChI is InChI=1S/C22H15N5OS/c28-22-21-16(14-8-23-12-24-9-14)11-29-20(21)10-25-27(22)19-7-15(19)18-6-5-13-3-1-2-4-17(13)26-18/h1-6,8-12,15,19H,7H2/t15-,19-/m1/s1. The van der Waals surface area contributed by atoms with Gasteiger partial charge in [-0.2, -0.15) is 5.10 Å². The zero-order valence-electron chi connectivity index (χ0n) is 15.3. The van der Waals surface area contributed by atoms with Gasteiger partial charge in [0.1, 0.15) is 6.33 Å². The summed E-state index contributed by atoms with van der Waals surface area (Å²) in [6, 6.07) is 12.3. The molecule has 0 N–H and O–H groups in total. The molecule has 0 saturated heterocycles. The minimum Gasteiger partial charge on any atom is -0.267 e. The van der Waals surface area contributed by atoms with Gasteiger partial charge in [-0.3, -0.25) is 9.78 Å². The summed E-state index contributed by atoms with van der Waals surface area (Å²) >= 11 is 1.52. The van der Waals surface area contributed by atoms with E-state index >= 15 is 0 Å². The van der Waals surface area contributed by atoms with Gasteiger partial charge in [0.05, 0.1) is 27.8 Å². The van der Waals surface area contributed by atoms with Gasteiger partial charge in [0.25, 0.3) is 5.56 Å². The maximum Gasteiger partial charge on any atom is 0.276 e. The highest BCUT2D eigenvalue weighted by Gasteiger charge is 2.43. The Morgan fingerprint density at radius 1 is 1.03 bits per heavy atom. The van der Waals surface area contributed by atoms with Gasteiger partial charge >= 0.3 is 0 Å². The highest BCUT2D eigenvalue weighted by atomic mass is 32.1. The van der Waals surface area contributed by atoms with Crippen LogP contribution in [0, 0.1) is 0 Å². The second-order valence-corrected chi connectivity index (χ2v) is 8.16. The van der Waals surface area contributed by atoms with E-state index in [-0.39, 0.29) is 17.5 Å². The molecule has 6 rings (SSSR count). The largest absolute Gasteiger partial charge is 0.276 e. The average Bonchev–Trinajstić information content (AvgIpc) is 3.44. The molecule has 0 radical (unpaired) electrons. The summed E-state index contributed by atoms with van der Waals surface area (Å²) in [5.74, 6) is 0.212. The first-order chi connectivity index (χ1) is 14.3. The molecule has 29 heavy (non-hydrogen) atoms. The number of fused-ring (bicyclic) bond motifs is 2. The van der Waals surface area contributed by atoms with Gasteiger partial charge < -0.3 is 0 Å². The molecule has 7 heteroatoms. The zero-order valence-corrected chi connectivity index (χ0v) is 16.1. The van der Waals surface area contributed by atoms with Crippen molar-refractivity contribution in [3.8, 4) is 11.1 Å². The molecule has 6 nitrogen and oxygen atoms in total. The molecule has 0 bridgehead atoms. The Morgan fingerprint density at radius 3 is 2.79 bits per heavy atom. The predicted octanol–water partition coefficient (Wildman–Crippen LogP) is 4.19. The van der Waals surface area contributed by atoms with Gasteiger partial charge in [0, 0.05) is 45.9 Å². The number of pyridine rings is 1. The lowest BCUT2D eigenvalue weighted by Crippen LogP contribution is -2.22. The van der Waals surface area contributed by atoms with Crippen LogP contribution in [0.5, 0.6) is 0 Å². The number of hydrogen-bond acceptors (Lipinski definition) is 6. The number of thiophene rings is 1. The average molecular weight is 397 g/mol. The van der Waals surface area contributed by atoms with Crippen LogP contribution < -0.4 is 5.56 Å². The van der Waals surface area contributed by atoms with E-state index < -0.39 is 0 Å². The summed E-state index contributed by atoms with van der Waals surface area (Å²) in [5.41, 5.74) is 3.65. The predicted molar refractivity (Wildman–Crippen MR) is 113 cm³/mol. The second kappa shape index (κ2) is 6.28. The SMILES string of the molecule is O=c1c2c(-c3cncnc3)csc2cnn1[C@@H]1C[C@@H]1c1ccc2ccccc2n1. The number of benzene rings is 1. The zero-order chi connectivity index (χ0) is 19.4. The van der Waals surface area contributed by atoms with Gasteiger partial charge in [-0.1, -0.05) is 24.3 Å². The smallest absolute Gasteiger partial charge is 0.267 e. The third-order valence-corrected chi connectivity index (χ3v) is 6.40. The molecule has 1 aliphatic carbocycles. The van der Waals surface area contributed by atoms with E-state index in [2.05, 4.69) is 33.3 Å². The monoisotopic (exact) mass is 397 g/mol. The number of nitrogens with zero attached hydrogens (tertiary/aromatic N) is 5. The van der Waals surface area contributed by atoms with Gasteiger partial charge in [-0.25, -0.2) is 14.6 Å². The quantitative estimate of drug-likeness (QED) is 0.456. The summed E-state index contributed by atoms with van der Waals surface area (Å²) in [6.07, 6.45) is 7.62. The molecule has 4 aromatic heterocycles. The van der Waals surface area contributed by atoms with Crippen molar-refractivity contribution in [1.82, 2.24) is 24.7 Å². The van der Waals surface area contributed by atoms with Crippen LogP contribution in [0.2, 0.25) is 0 Å². The molecule has 0 spiro atoms. The minimum atomic E-state index is -0.0594. The first-order valence-corrected chi connectivity index (χ1v) is 10.3. The molecular formula is C22H15N5OS. The Bertz CT molecular complexity index is 1430. The molecule has 140 valence electrons. The third-order valence-electron chi connectivity index (χ3n) is 5.48. The van der Waals surface area contributed by atoms with Crippen LogP contribution in [0.15, 0.2) is 71.5 Å². The highest BCUT2D eigenvalue weighted by molar-refractivity contribution is 7.17. The summed E-state index contributed by atoms with van der Waals surface area (Å²) in [5, 5.41) is 8.26. The fourth-order valence-corrected chi connectivity index (χ4v) is 4.84. The van der Waals surface area contributed by atoms with Crippen molar-refractivity contribution in [2.75, 3.05) is 0 Å². The lowest BCUT2D eigenvalue weighted by molar-refractivity contribution is 0.590. The fourth-order valence-electron chi connectivity index (χ4n) is 3.92. The van der Waals surface area contributed by atoms with Crippen LogP contribution >= 0.6 is 11.3 Å². The summed E-state index contributed by atoms with van der Waals surface area (Å²) in [7, 11) is 0. The van der Waals surface area contributed by atoms with Gasteiger partial charge in [-0.15, -0.1) is 11.3 Å². The first-order valence-electron chi connectivity index (χ1n) is 9.40. The van der Waals surface area contributed by atoms with Gasteiger partial charge in [0.2, 0.25) is 0 Å². The molecule has 4 heterocycles. The van der Waals surface area contributed by atoms with Gasteiger partial charge in [-0.05, 0) is 18.6 Å². The van der Waals surface area contributed by atoms with E-state index in [4.69, 9.17) is 4.98 Å². The molecule has 1 aromatic carbocycles. The molecule has 2 atom stereocenters. The number of hydrogen-bond donors (Lipinski definition) is 0. The van der Waals surface area contributed by atoms with Crippen molar-refractivity contribution in [1.29, 1.82) is 0 Å². The first kappa shape index (κ1) is 16.5. The van der Waals surface area contributed by atoms with Crippen LogP contribution in [0.3, 0.4) is 0 Å². The Balaban J connectivity index is 1.41. The maximum absolute atomic E-state index is 13.3. The highest BCUT2D eigenvalue weighted by Crippen LogP contribution is 2.50. The van der Waals surface area contributed by atoms with E-state index in [9.17, 15) is 4.79 Å². The molecule has 0 unspecified atom stereocenters. The minimum absolute atomic E-state index is 0.0420. The van der Waals surface area contributed by atoms with Crippen LogP contribution in [-0.2, 0) is 0 Å². The molecule has 1 saturated carbocycles. The van der Waals surface area contributed by atoms with Crippen molar-refractivity contribution in [2.45, 2.75) is 18.4 Å². The number of para-hydroxylation sites is 1. The van der Waals surface area contributed by atoms with Crippen LogP contribution in [0.25, 0.3) is 32.1 Å². The van der Waals surface area contributed by atoms with Gasteiger partial charge in [0.15, 0.2) is 0 Å². The molecule has 5 aromatic rings. The molecule has 0 aliphatic heterocycles. The van der Waals surface area contributed by atoms with E-state index in [1.807, 2.05) is 23.6 Å².